The van der Waals surface area contributed by atoms with Crippen LogP contribution in [0, 0.1) is 13.8 Å². The van der Waals surface area contributed by atoms with Gasteiger partial charge in [0.05, 0.1) is 13.5 Å². The minimum Gasteiger partial charge on any atom is -0.496 e. The number of ether oxygens (including phenoxy) is 1. The Morgan fingerprint density at radius 3 is 2.76 bits per heavy atom. The highest BCUT2D eigenvalue weighted by molar-refractivity contribution is 5.80. The zero-order valence-electron chi connectivity index (χ0n) is 10.7. The molecule has 0 heterocycles. The molecule has 1 N–H and O–H groups in total. The maximum atomic E-state index is 11.7. The lowest BCUT2D eigenvalue weighted by molar-refractivity contribution is -0.120. The Kier molecular flexibility index (Phi) is 4.76. The van der Waals surface area contributed by atoms with Crippen LogP contribution in [0.3, 0.4) is 0 Å². The first-order valence-electron chi connectivity index (χ1n) is 5.60. The van der Waals surface area contributed by atoms with Gasteiger partial charge in [0.25, 0.3) is 0 Å². The lowest BCUT2D eigenvalue weighted by Gasteiger charge is -2.12. The summed E-state index contributed by atoms with van der Waals surface area (Å²) >= 11 is 0. The SMILES string of the molecule is C=CCNC(=O)Cc1c(C)cc(C)cc1OC. The molecule has 3 nitrogen and oxygen atoms in total. The molecular formula is C14H19NO2. The van der Waals surface area contributed by atoms with Gasteiger partial charge in [-0.05, 0) is 31.0 Å². The number of carbonyl (C=O) groups excluding carboxylic acids is 1. The van der Waals surface area contributed by atoms with Gasteiger partial charge in [-0.2, -0.15) is 0 Å². The Bertz CT molecular complexity index is 424. The molecule has 1 aromatic rings. The number of nitrogens with one attached hydrogen (secondary N) is 1. The summed E-state index contributed by atoms with van der Waals surface area (Å²) in [7, 11) is 1.62. The molecule has 0 unspecified atom stereocenters. The fourth-order valence-corrected chi connectivity index (χ4v) is 1.78. The molecule has 0 saturated carbocycles. The fraction of sp³-hybridized carbons (Fsp3) is 0.357. The van der Waals surface area contributed by atoms with Crippen LogP contribution >= 0.6 is 0 Å². The Balaban J connectivity index is 2.89. The second-order valence-corrected chi connectivity index (χ2v) is 4.03. The van der Waals surface area contributed by atoms with Crippen molar-refractivity contribution in [2.45, 2.75) is 20.3 Å². The maximum absolute atomic E-state index is 11.7. The van der Waals surface area contributed by atoms with E-state index in [9.17, 15) is 4.79 Å². The van der Waals surface area contributed by atoms with E-state index in [1.807, 2.05) is 19.9 Å². The van der Waals surface area contributed by atoms with E-state index in [-0.39, 0.29) is 5.91 Å². The molecule has 0 spiro atoms. The molecule has 3 heteroatoms. The van der Waals surface area contributed by atoms with E-state index in [2.05, 4.69) is 18.0 Å². The van der Waals surface area contributed by atoms with Gasteiger partial charge >= 0.3 is 0 Å². The number of rotatable bonds is 5. The molecule has 0 saturated heterocycles. The molecule has 1 rings (SSSR count). The monoisotopic (exact) mass is 233 g/mol. The van der Waals surface area contributed by atoms with Crippen LogP contribution in [0.15, 0.2) is 24.8 Å². The quantitative estimate of drug-likeness (QED) is 0.791. The van der Waals surface area contributed by atoms with E-state index >= 15 is 0 Å². The average Bonchev–Trinajstić information content (AvgIpc) is 2.29. The highest BCUT2D eigenvalue weighted by atomic mass is 16.5. The van der Waals surface area contributed by atoms with Crippen LogP contribution in [-0.4, -0.2) is 19.6 Å². The minimum atomic E-state index is -0.0184. The summed E-state index contributed by atoms with van der Waals surface area (Å²) in [5.74, 6) is 0.756. The fourth-order valence-electron chi connectivity index (χ4n) is 1.78. The molecule has 0 aliphatic carbocycles. The van der Waals surface area contributed by atoms with E-state index in [1.54, 1.807) is 13.2 Å². The molecule has 0 bridgehead atoms. The van der Waals surface area contributed by atoms with Crippen molar-refractivity contribution < 1.29 is 9.53 Å². The molecule has 0 atom stereocenters. The van der Waals surface area contributed by atoms with Gasteiger partial charge in [0, 0.05) is 12.1 Å². The van der Waals surface area contributed by atoms with Crippen LogP contribution < -0.4 is 10.1 Å². The third-order valence-electron chi connectivity index (χ3n) is 2.58. The molecule has 0 aliphatic rings. The number of carbonyl (C=O) groups is 1. The number of amides is 1. The van der Waals surface area contributed by atoms with Crippen LogP contribution in [0.4, 0.5) is 0 Å². The largest absolute Gasteiger partial charge is 0.496 e. The van der Waals surface area contributed by atoms with Crippen LogP contribution in [0.1, 0.15) is 16.7 Å². The second-order valence-electron chi connectivity index (χ2n) is 4.03. The van der Waals surface area contributed by atoms with Crippen molar-refractivity contribution in [2.75, 3.05) is 13.7 Å². The predicted octanol–water partition coefficient (Wildman–Crippen LogP) is 2.16. The molecular weight excluding hydrogens is 214 g/mol. The first-order valence-corrected chi connectivity index (χ1v) is 5.60. The first-order chi connectivity index (χ1) is 8.08. The summed E-state index contributed by atoms with van der Waals surface area (Å²) in [5, 5.41) is 2.76. The van der Waals surface area contributed by atoms with Gasteiger partial charge in [0.15, 0.2) is 0 Å². The van der Waals surface area contributed by atoms with Crippen molar-refractivity contribution in [3.8, 4) is 5.75 Å². The van der Waals surface area contributed by atoms with Crippen molar-refractivity contribution in [1.82, 2.24) is 5.32 Å². The number of benzene rings is 1. The first kappa shape index (κ1) is 13.3. The van der Waals surface area contributed by atoms with E-state index in [1.165, 1.54) is 0 Å². The molecule has 92 valence electrons. The number of hydrogen-bond acceptors (Lipinski definition) is 2. The van der Waals surface area contributed by atoms with Crippen molar-refractivity contribution in [3.63, 3.8) is 0 Å². The zero-order chi connectivity index (χ0) is 12.8. The Morgan fingerprint density at radius 2 is 2.18 bits per heavy atom. The van der Waals surface area contributed by atoms with Crippen LogP contribution in [0.2, 0.25) is 0 Å². The maximum Gasteiger partial charge on any atom is 0.224 e. The Morgan fingerprint density at radius 1 is 1.47 bits per heavy atom. The van der Waals surface area contributed by atoms with E-state index < -0.39 is 0 Å². The second kappa shape index (κ2) is 6.09. The van der Waals surface area contributed by atoms with Crippen LogP contribution in [0.25, 0.3) is 0 Å². The normalized spacial score (nSPS) is 9.82. The topological polar surface area (TPSA) is 38.3 Å². The third kappa shape index (κ3) is 3.63. The van der Waals surface area contributed by atoms with E-state index in [0.717, 1.165) is 22.4 Å². The Hall–Kier alpha value is -1.77. The Labute approximate surface area is 102 Å². The zero-order valence-corrected chi connectivity index (χ0v) is 10.7. The molecule has 1 amide bonds. The van der Waals surface area contributed by atoms with Gasteiger partial charge in [-0.25, -0.2) is 0 Å². The van der Waals surface area contributed by atoms with Crippen LogP contribution in [0.5, 0.6) is 5.75 Å². The van der Waals surface area contributed by atoms with Gasteiger partial charge in [-0.1, -0.05) is 12.1 Å². The van der Waals surface area contributed by atoms with Gasteiger partial charge < -0.3 is 10.1 Å². The van der Waals surface area contributed by atoms with Gasteiger partial charge in [0.1, 0.15) is 5.75 Å². The molecule has 0 aliphatic heterocycles. The molecule has 1 aromatic carbocycles. The summed E-state index contributed by atoms with van der Waals surface area (Å²) in [6.45, 7) is 8.06. The van der Waals surface area contributed by atoms with Gasteiger partial charge in [-0.15, -0.1) is 6.58 Å². The summed E-state index contributed by atoms with van der Waals surface area (Å²) in [4.78, 5) is 11.7. The highest BCUT2D eigenvalue weighted by Crippen LogP contribution is 2.24. The van der Waals surface area contributed by atoms with Crippen molar-refractivity contribution in [1.29, 1.82) is 0 Å². The number of methoxy groups -OCH3 is 1. The number of aryl methyl sites for hydroxylation is 2. The summed E-state index contributed by atoms with van der Waals surface area (Å²) in [6, 6.07) is 4.00. The van der Waals surface area contributed by atoms with E-state index in [4.69, 9.17) is 4.74 Å². The predicted molar refractivity (Wildman–Crippen MR) is 69.4 cm³/mol. The lowest BCUT2D eigenvalue weighted by Crippen LogP contribution is -2.25. The summed E-state index contributed by atoms with van der Waals surface area (Å²) < 4.78 is 5.31. The van der Waals surface area contributed by atoms with Gasteiger partial charge in [-0.3, -0.25) is 4.79 Å². The summed E-state index contributed by atoms with van der Waals surface area (Å²) in [6.07, 6.45) is 2.00. The molecule has 17 heavy (non-hydrogen) atoms. The highest BCUT2D eigenvalue weighted by Gasteiger charge is 2.11. The molecule has 0 fully saturated rings. The van der Waals surface area contributed by atoms with Crippen LogP contribution in [-0.2, 0) is 11.2 Å². The minimum absolute atomic E-state index is 0.0184. The third-order valence-corrected chi connectivity index (χ3v) is 2.58. The van der Waals surface area contributed by atoms with Crippen molar-refractivity contribution >= 4 is 5.91 Å². The standard InChI is InChI=1S/C14H19NO2/c1-5-6-15-14(16)9-12-11(3)7-10(2)8-13(12)17-4/h5,7-8H,1,6,9H2,2-4H3,(H,15,16). The molecule has 0 aromatic heterocycles. The number of hydrogen-bond donors (Lipinski definition) is 1. The van der Waals surface area contributed by atoms with Gasteiger partial charge in [0.2, 0.25) is 5.91 Å². The van der Waals surface area contributed by atoms with Crippen molar-refractivity contribution in [3.05, 3.63) is 41.5 Å². The van der Waals surface area contributed by atoms with E-state index in [0.29, 0.717) is 13.0 Å². The lowest BCUT2D eigenvalue weighted by atomic mass is 10.0. The average molecular weight is 233 g/mol. The summed E-state index contributed by atoms with van der Waals surface area (Å²) in [5.41, 5.74) is 3.16. The smallest absolute Gasteiger partial charge is 0.224 e. The molecule has 0 radical (unpaired) electrons. The van der Waals surface area contributed by atoms with Crippen molar-refractivity contribution in [2.24, 2.45) is 0 Å².